The fraction of sp³-hybridized carbons (Fsp3) is 0.476. The van der Waals surface area contributed by atoms with E-state index in [1.165, 1.54) is 4.31 Å². The number of nitrogens with zero attached hydrogens (tertiary/aromatic N) is 2. The Hall–Kier alpha value is -1.96. The van der Waals surface area contributed by atoms with Crippen LogP contribution in [0.3, 0.4) is 0 Å². The predicted octanol–water partition coefficient (Wildman–Crippen LogP) is 2.31. The Morgan fingerprint density at radius 1 is 1.11 bits per heavy atom. The summed E-state index contributed by atoms with van der Waals surface area (Å²) in [6, 6.07) is 13.0. The fourth-order valence-corrected chi connectivity index (χ4v) is 5.09. The van der Waals surface area contributed by atoms with Crippen LogP contribution in [0, 0.1) is 5.92 Å². The number of carbonyl (C=O) groups is 1. The van der Waals surface area contributed by atoms with E-state index in [0.29, 0.717) is 37.4 Å². The molecule has 1 heterocycles. The zero-order chi connectivity index (χ0) is 20.1. The van der Waals surface area contributed by atoms with Crippen molar-refractivity contribution in [1.82, 2.24) is 14.5 Å². The van der Waals surface area contributed by atoms with Gasteiger partial charge in [-0.3, -0.25) is 4.79 Å². The molecule has 1 aliphatic heterocycles. The van der Waals surface area contributed by atoms with Crippen molar-refractivity contribution < 1.29 is 13.2 Å². The summed E-state index contributed by atoms with van der Waals surface area (Å²) in [4.78, 5) is 14.7. The van der Waals surface area contributed by atoms with Gasteiger partial charge in [-0.25, -0.2) is 8.42 Å². The molecule has 0 radical (unpaired) electrons. The number of hydrogen-bond acceptors (Lipinski definition) is 4. The molecule has 152 valence electrons. The first-order valence-corrected chi connectivity index (χ1v) is 11.2. The van der Waals surface area contributed by atoms with Crippen LogP contribution in [0.4, 0.5) is 0 Å². The number of rotatable bonds is 7. The first kappa shape index (κ1) is 20.8. The Morgan fingerprint density at radius 3 is 2.46 bits per heavy atom. The van der Waals surface area contributed by atoms with Crippen molar-refractivity contribution in [2.45, 2.75) is 24.2 Å². The topological polar surface area (TPSA) is 69.7 Å². The van der Waals surface area contributed by atoms with Crippen LogP contribution in [0.1, 0.15) is 19.3 Å². The predicted molar refractivity (Wildman–Crippen MR) is 112 cm³/mol. The van der Waals surface area contributed by atoms with Crippen molar-refractivity contribution in [2.24, 2.45) is 5.92 Å². The first-order chi connectivity index (χ1) is 13.4. The van der Waals surface area contributed by atoms with Gasteiger partial charge in [0.05, 0.1) is 4.90 Å². The molecule has 0 aromatic heterocycles. The van der Waals surface area contributed by atoms with E-state index in [9.17, 15) is 13.2 Å². The highest BCUT2D eigenvalue weighted by atomic mass is 32.2. The first-order valence-electron chi connectivity index (χ1n) is 9.79. The Labute approximate surface area is 167 Å². The summed E-state index contributed by atoms with van der Waals surface area (Å²) in [5.41, 5.74) is 0. The molecule has 1 aliphatic rings. The summed E-state index contributed by atoms with van der Waals surface area (Å²) >= 11 is 0. The minimum Gasteiger partial charge on any atom is -0.356 e. The molecule has 7 heteroatoms. The SMILES string of the molecule is CN(C)CCCNC(=O)C1CCN(S(=O)(=O)c2ccc3ccccc3c2)CC1. The second kappa shape index (κ2) is 9.03. The minimum absolute atomic E-state index is 0.0431. The van der Waals surface area contributed by atoms with Crippen molar-refractivity contribution in [2.75, 3.05) is 40.3 Å². The molecule has 0 saturated carbocycles. The smallest absolute Gasteiger partial charge is 0.243 e. The zero-order valence-electron chi connectivity index (χ0n) is 16.6. The number of sulfonamides is 1. The number of amides is 1. The second-order valence-electron chi connectivity index (χ2n) is 7.64. The summed E-state index contributed by atoms with van der Waals surface area (Å²) in [6.45, 7) is 2.35. The molecule has 28 heavy (non-hydrogen) atoms. The molecule has 0 spiro atoms. The highest BCUT2D eigenvalue weighted by Gasteiger charge is 2.32. The van der Waals surface area contributed by atoms with Crippen molar-refractivity contribution in [1.29, 1.82) is 0 Å². The second-order valence-corrected chi connectivity index (χ2v) is 9.57. The molecule has 0 atom stereocenters. The van der Waals surface area contributed by atoms with E-state index in [0.717, 1.165) is 23.7 Å². The molecule has 1 amide bonds. The lowest BCUT2D eigenvalue weighted by atomic mass is 9.97. The van der Waals surface area contributed by atoms with Gasteiger partial charge in [0.15, 0.2) is 0 Å². The van der Waals surface area contributed by atoms with E-state index in [4.69, 9.17) is 0 Å². The van der Waals surface area contributed by atoms with E-state index in [1.54, 1.807) is 12.1 Å². The molecule has 2 aromatic carbocycles. The number of hydrogen-bond donors (Lipinski definition) is 1. The van der Waals surface area contributed by atoms with Crippen LogP contribution in [0.15, 0.2) is 47.4 Å². The van der Waals surface area contributed by atoms with Crippen LogP contribution in [0.2, 0.25) is 0 Å². The van der Waals surface area contributed by atoms with Crippen molar-refractivity contribution in [3.8, 4) is 0 Å². The molecular formula is C21H29N3O3S. The fourth-order valence-electron chi connectivity index (χ4n) is 3.59. The van der Waals surface area contributed by atoms with Crippen molar-refractivity contribution in [3.63, 3.8) is 0 Å². The Bertz CT molecular complexity index is 919. The Balaban J connectivity index is 1.58. The van der Waals surface area contributed by atoms with Crippen LogP contribution in [0.5, 0.6) is 0 Å². The van der Waals surface area contributed by atoms with Gasteiger partial charge in [0, 0.05) is 25.6 Å². The molecule has 0 unspecified atom stereocenters. The van der Waals surface area contributed by atoms with Gasteiger partial charge in [0.1, 0.15) is 0 Å². The maximum Gasteiger partial charge on any atom is 0.243 e. The molecule has 0 aliphatic carbocycles. The summed E-state index contributed by atoms with van der Waals surface area (Å²) in [7, 11) is 0.478. The summed E-state index contributed by atoms with van der Waals surface area (Å²) in [5, 5.41) is 4.91. The minimum atomic E-state index is -3.54. The van der Waals surface area contributed by atoms with Crippen molar-refractivity contribution >= 4 is 26.7 Å². The molecule has 1 N–H and O–H groups in total. The number of fused-ring (bicyclic) bond motifs is 1. The van der Waals surface area contributed by atoms with Crippen LogP contribution >= 0.6 is 0 Å². The highest BCUT2D eigenvalue weighted by molar-refractivity contribution is 7.89. The number of carbonyl (C=O) groups excluding carboxylic acids is 1. The third kappa shape index (κ3) is 4.90. The van der Waals surface area contributed by atoms with Gasteiger partial charge in [-0.05, 0) is 62.8 Å². The van der Waals surface area contributed by atoms with E-state index >= 15 is 0 Å². The molecule has 0 bridgehead atoms. The number of nitrogens with one attached hydrogen (secondary N) is 1. The quantitative estimate of drug-likeness (QED) is 0.721. The van der Waals surface area contributed by atoms with E-state index in [-0.39, 0.29) is 11.8 Å². The van der Waals surface area contributed by atoms with Gasteiger partial charge in [0.25, 0.3) is 0 Å². The molecule has 3 rings (SSSR count). The molecule has 2 aromatic rings. The van der Waals surface area contributed by atoms with Crippen LogP contribution in [-0.2, 0) is 14.8 Å². The molecule has 1 saturated heterocycles. The van der Waals surface area contributed by atoms with E-state index in [2.05, 4.69) is 10.2 Å². The maximum atomic E-state index is 13.0. The molecule has 1 fully saturated rings. The van der Waals surface area contributed by atoms with E-state index < -0.39 is 10.0 Å². The third-order valence-electron chi connectivity index (χ3n) is 5.26. The molecule has 6 nitrogen and oxygen atoms in total. The van der Waals surface area contributed by atoms with Gasteiger partial charge in [-0.2, -0.15) is 4.31 Å². The lowest BCUT2D eigenvalue weighted by Crippen LogP contribution is -2.43. The normalized spacial score (nSPS) is 16.5. The third-order valence-corrected chi connectivity index (χ3v) is 7.16. The van der Waals surface area contributed by atoms with Gasteiger partial charge < -0.3 is 10.2 Å². The standard InChI is InChI=1S/C21H29N3O3S/c1-23(2)13-5-12-22-21(25)18-10-14-24(15-11-18)28(26,27)20-9-8-17-6-3-4-7-19(17)16-20/h3-4,6-9,16,18H,5,10-15H2,1-2H3,(H,22,25). The average molecular weight is 404 g/mol. The Morgan fingerprint density at radius 2 is 1.79 bits per heavy atom. The Kier molecular flexibility index (Phi) is 6.69. The van der Waals surface area contributed by atoms with Gasteiger partial charge >= 0.3 is 0 Å². The van der Waals surface area contributed by atoms with Crippen LogP contribution in [0.25, 0.3) is 10.8 Å². The van der Waals surface area contributed by atoms with Gasteiger partial charge in [-0.15, -0.1) is 0 Å². The largest absolute Gasteiger partial charge is 0.356 e. The number of piperidine rings is 1. The lowest BCUT2D eigenvalue weighted by molar-refractivity contribution is -0.126. The lowest BCUT2D eigenvalue weighted by Gasteiger charge is -2.30. The number of benzene rings is 2. The van der Waals surface area contributed by atoms with Gasteiger partial charge in [0.2, 0.25) is 15.9 Å². The van der Waals surface area contributed by atoms with Gasteiger partial charge in [-0.1, -0.05) is 30.3 Å². The average Bonchev–Trinajstić information content (AvgIpc) is 2.70. The van der Waals surface area contributed by atoms with Crippen LogP contribution in [-0.4, -0.2) is 63.8 Å². The molecular weight excluding hydrogens is 374 g/mol. The van der Waals surface area contributed by atoms with Crippen molar-refractivity contribution in [3.05, 3.63) is 42.5 Å². The summed E-state index contributed by atoms with van der Waals surface area (Å²) in [6.07, 6.45) is 2.03. The monoisotopic (exact) mass is 403 g/mol. The maximum absolute atomic E-state index is 13.0. The summed E-state index contributed by atoms with van der Waals surface area (Å²) in [5.74, 6) is -0.0658. The zero-order valence-corrected chi connectivity index (χ0v) is 17.4. The van der Waals surface area contributed by atoms with Crippen LogP contribution < -0.4 is 5.32 Å². The van der Waals surface area contributed by atoms with E-state index in [1.807, 2.05) is 44.4 Å². The summed E-state index contributed by atoms with van der Waals surface area (Å²) < 4.78 is 27.5. The highest BCUT2D eigenvalue weighted by Crippen LogP contribution is 2.26.